The fourth-order valence-corrected chi connectivity index (χ4v) is 2.29. The summed E-state index contributed by atoms with van der Waals surface area (Å²) in [6, 6.07) is 15.2. The summed E-state index contributed by atoms with van der Waals surface area (Å²) >= 11 is 0. The van der Waals surface area contributed by atoms with Crippen LogP contribution in [0.2, 0.25) is 0 Å². The Morgan fingerprint density at radius 1 is 1.22 bits per heavy atom. The van der Waals surface area contributed by atoms with Crippen LogP contribution in [0, 0.1) is 0 Å². The second-order valence-corrected chi connectivity index (χ2v) is 5.02. The summed E-state index contributed by atoms with van der Waals surface area (Å²) in [4.78, 5) is 12.1. The summed E-state index contributed by atoms with van der Waals surface area (Å²) in [5.41, 5.74) is 3.16. The van der Waals surface area contributed by atoms with E-state index in [0.717, 1.165) is 17.6 Å². The van der Waals surface area contributed by atoms with E-state index in [4.69, 9.17) is 4.74 Å². The van der Waals surface area contributed by atoms with Crippen LogP contribution in [0.5, 0.6) is 0 Å². The van der Waals surface area contributed by atoms with Gasteiger partial charge in [-0.1, -0.05) is 41.6 Å². The van der Waals surface area contributed by atoms with Gasteiger partial charge in [0.25, 0.3) is 0 Å². The second kappa shape index (κ2) is 6.87. The molecule has 5 heteroatoms. The van der Waals surface area contributed by atoms with E-state index in [1.165, 1.54) is 0 Å². The van der Waals surface area contributed by atoms with Gasteiger partial charge in [0, 0.05) is 6.54 Å². The quantitative estimate of drug-likeness (QED) is 0.678. The van der Waals surface area contributed by atoms with Crippen LogP contribution in [0.25, 0.3) is 17.1 Å². The number of esters is 1. The van der Waals surface area contributed by atoms with Crippen LogP contribution in [-0.4, -0.2) is 27.6 Å². The molecule has 0 N–H and O–H groups in total. The Hall–Kier alpha value is -2.95. The van der Waals surface area contributed by atoms with E-state index in [9.17, 15) is 4.79 Å². The summed E-state index contributed by atoms with van der Waals surface area (Å²) in [6.45, 7) is 2.97. The number of aryl methyl sites for hydroxylation is 1. The molecular weight excluding hydrogens is 290 g/mol. The first kappa shape index (κ1) is 15.0. The number of carbonyl (C=O) groups is 1. The normalized spacial score (nSPS) is 11.2. The molecule has 0 radical (unpaired) electrons. The van der Waals surface area contributed by atoms with E-state index in [2.05, 4.69) is 10.3 Å². The van der Waals surface area contributed by atoms with Crippen molar-refractivity contribution >= 4 is 23.1 Å². The largest absolute Gasteiger partial charge is 0.458 e. The number of benzene rings is 2. The van der Waals surface area contributed by atoms with E-state index >= 15 is 0 Å². The van der Waals surface area contributed by atoms with Crippen LogP contribution in [0.3, 0.4) is 0 Å². The summed E-state index contributed by atoms with van der Waals surface area (Å²) in [5.74, 6) is -0.365. The summed E-state index contributed by atoms with van der Waals surface area (Å²) < 4.78 is 7.04. The number of rotatable bonds is 5. The molecule has 116 valence electrons. The maximum absolute atomic E-state index is 12.1. The zero-order chi connectivity index (χ0) is 16.1. The molecule has 0 saturated carbocycles. The van der Waals surface area contributed by atoms with Crippen molar-refractivity contribution in [3.63, 3.8) is 0 Å². The van der Waals surface area contributed by atoms with Gasteiger partial charge in [-0.25, -0.2) is 9.48 Å². The van der Waals surface area contributed by atoms with Crippen LogP contribution in [0.1, 0.15) is 22.8 Å². The minimum atomic E-state index is -0.365. The zero-order valence-corrected chi connectivity index (χ0v) is 12.8. The standard InChI is InChI=1S/C18H17N3O2/c1-2-21-17-11-10-15(13-16(17)19-20-21)18(22)23-12-6-9-14-7-4-3-5-8-14/h3-11,13H,2,12H2,1H3/b9-6+. The Kier molecular flexibility index (Phi) is 4.47. The van der Waals surface area contributed by atoms with Gasteiger partial charge in [0.05, 0.1) is 11.1 Å². The predicted molar refractivity (Wildman–Crippen MR) is 89.0 cm³/mol. The number of nitrogens with zero attached hydrogens (tertiary/aromatic N) is 3. The summed E-state index contributed by atoms with van der Waals surface area (Å²) in [5, 5.41) is 8.09. The Balaban J connectivity index is 1.63. The minimum Gasteiger partial charge on any atom is -0.458 e. The third kappa shape index (κ3) is 3.45. The zero-order valence-electron chi connectivity index (χ0n) is 12.8. The lowest BCUT2D eigenvalue weighted by atomic mass is 10.2. The highest BCUT2D eigenvalue weighted by Gasteiger charge is 2.10. The number of hydrogen-bond donors (Lipinski definition) is 0. The average molecular weight is 307 g/mol. The molecule has 0 amide bonds. The first-order chi connectivity index (χ1) is 11.3. The van der Waals surface area contributed by atoms with Crippen molar-refractivity contribution in [2.45, 2.75) is 13.5 Å². The van der Waals surface area contributed by atoms with Crippen molar-refractivity contribution in [2.24, 2.45) is 0 Å². The lowest BCUT2D eigenvalue weighted by molar-refractivity contribution is 0.0550. The molecule has 0 spiro atoms. The van der Waals surface area contributed by atoms with Crippen LogP contribution < -0.4 is 0 Å². The van der Waals surface area contributed by atoms with Gasteiger partial charge in [-0.15, -0.1) is 5.10 Å². The third-order valence-corrected chi connectivity index (χ3v) is 3.47. The maximum Gasteiger partial charge on any atom is 0.338 e. The van der Waals surface area contributed by atoms with E-state index in [-0.39, 0.29) is 12.6 Å². The number of aromatic nitrogens is 3. The Labute approximate surface area is 134 Å². The number of carbonyl (C=O) groups excluding carboxylic acids is 1. The molecule has 3 aromatic rings. The monoisotopic (exact) mass is 307 g/mol. The fraction of sp³-hybridized carbons (Fsp3) is 0.167. The highest BCUT2D eigenvalue weighted by molar-refractivity contribution is 5.93. The van der Waals surface area contributed by atoms with Gasteiger partial charge < -0.3 is 4.74 Å². The van der Waals surface area contributed by atoms with Crippen molar-refractivity contribution in [3.05, 3.63) is 65.7 Å². The number of ether oxygens (including phenoxy) is 1. The highest BCUT2D eigenvalue weighted by atomic mass is 16.5. The molecule has 23 heavy (non-hydrogen) atoms. The maximum atomic E-state index is 12.1. The Bertz CT molecular complexity index is 838. The van der Waals surface area contributed by atoms with E-state index in [1.54, 1.807) is 16.8 Å². The van der Waals surface area contributed by atoms with Crippen molar-refractivity contribution in [3.8, 4) is 0 Å². The van der Waals surface area contributed by atoms with Gasteiger partial charge in [-0.2, -0.15) is 0 Å². The molecule has 1 heterocycles. The molecule has 0 aliphatic heterocycles. The molecule has 0 unspecified atom stereocenters. The van der Waals surface area contributed by atoms with E-state index < -0.39 is 0 Å². The van der Waals surface area contributed by atoms with Crippen molar-refractivity contribution < 1.29 is 9.53 Å². The second-order valence-electron chi connectivity index (χ2n) is 5.02. The smallest absolute Gasteiger partial charge is 0.338 e. The van der Waals surface area contributed by atoms with Gasteiger partial charge in [0.1, 0.15) is 12.1 Å². The van der Waals surface area contributed by atoms with Gasteiger partial charge in [0.2, 0.25) is 0 Å². The van der Waals surface area contributed by atoms with Gasteiger partial charge in [-0.05, 0) is 36.8 Å². The summed E-state index contributed by atoms with van der Waals surface area (Å²) in [7, 11) is 0. The van der Waals surface area contributed by atoms with Gasteiger partial charge >= 0.3 is 5.97 Å². The van der Waals surface area contributed by atoms with Crippen molar-refractivity contribution in [2.75, 3.05) is 6.61 Å². The SMILES string of the molecule is CCn1nnc2cc(C(=O)OC/C=C/c3ccccc3)ccc21. The molecule has 0 atom stereocenters. The van der Waals surface area contributed by atoms with E-state index in [1.807, 2.05) is 55.5 Å². The van der Waals surface area contributed by atoms with Crippen LogP contribution in [-0.2, 0) is 11.3 Å². The molecule has 1 aromatic heterocycles. The van der Waals surface area contributed by atoms with E-state index in [0.29, 0.717) is 11.1 Å². The van der Waals surface area contributed by atoms with Crippen molar-refractivity contribution in [1.82, 2.24) is 15.0 Å². The Morgan fingerprint density at radius 3 is 2.83 bits per heavy atom. The van der Waals surface area contributed by atoms with Crippen LogP contribution >= 0.6 is 0 Å². The minimum absolute atomic E-state index is 0.230. The predicted octanol–water partition coefficient (Wildman–Crippen LogP) is 3.32. The molecule has 3 rings (SSSR count). The van der Waals surface area contributed by atoms with Crippen LogP contribution in [0.4, 0.5) is 0 Å². The summed E-state index contributed by atoms with van der Waals surface area (Å²) in [6.07, 6.45) is 3.74. The average Bonchev–Trinajstić information content (AvgIpc) is 3.01. The molecule has 0 bridgehead atoms. The molecule has 0 aliphatic carbocycles. The highest BCUT2D eigenvalue weighted by Crippen LogP contribution is 2.14. The first-order valence-electron chi connectivity index (χ1n) is 7.50. The van der Waals surface area contributed by atoms with Crippen LogP contribution in [0.15, 0.2) is 54.6 Å². The topological polar surface area (TPSA) is 57.0 Å². The van der Waals surface area contributed by atoms with Crippen molar-refractivity contribution in [1.29, 1.82) is 0 Å². The molecule has 0 aliphatic rings. The lowest BCUT2D eigenvalue weighted by Gasteiger charge is -2.02. The Morgan fingerprint density at radius 2 is 2.04 bits per heavy atom. The van der Waals surface area contributed by atoms with Gasteiger partial charge in [-0.3, -0.25) is 0 Å². The molecule has 0 saturated heterocycles. The third-order valence-electron chi connectivity index (χ3n) is 3.47. The molecule has 5 nitrogen and oxygen atoms in total. The molecule has 0 fully saturated rings. The lowest BCUT2D eigenvalue weighted by Crippen LogP contribution is -2.05. The first-order valence-corrected chi connectivity index (χ1v) is 7.50. The number of hydrogen-bond acceptors (Lipinski definition) is 4. The van der Waals surface area contributed by atoms with Gasteiger partial charge in [0.15, 0.2) is 0 Å². The number of fused-ring (bicyclic) bond motifs is 1. The molecular formula is C18H17N3O2. The fourth-order valence-electron chi connectivity index (χ4n) is 2.29. The molecule has 2 aromatic carbocycles.